The Morgan fingerprint density at radius 1 is 0.284 bits per heavy atom. The van der Waals surface area contributed by atoms with E-state index < -0.39 is 0 Å². The van der Waals surface area contributed by atoms with Crippen LogP contribution < -0.4 is 9.80 Å². The standard InChI is InChI=1S/C64H50N2S/c1-3-45-23-33-55(34-24-45)65(56-35-25-46(4-2)26-36-56)57-37-29-51(30-38-57)63-61(49-17-7-5-8-18-49)62(50-19-9-6-10-20-50)64(67-63)52-31-39-58(40-32-52)66(59-41-27-47-15-11-13-21-53(47)43-59)60-42-28-48-16-12-14-22-54(48)44-60/h5-44H,3-4H2,1-2H3. The van der Waals surface area contributed by atoms with Crippen LogP contribution >= 0.6 is 11.3 Å². The van der Waals surface area contributed by atoms with Crippen LogP contribution in [0, 0.1) is 0 Å². The largest absolute Gasteiger partial charge is 0.311 e. The first kappa shape index (κ1) is 41.7. The van der Waals surface area contributed by atoms with Gasteiger partial charge in [0.1, 0.15) is 0 Å². The third-order valence-electron chi connectivity index (χ3n) is 13.0. The number of anilines is 6. The van der Waals surface area contributed by atoms with Gasteiger partial charge < -0.3 is 9.80 Å². The fourth-order valence-electron chi connectivity index (χ4n) is 9.41. The molecule has 0 saturated carbocycles. The lowest BCUT2D eigenvalue weighted by Crippen LogP contribution is -2.10. The first-order chi connectivity index (χ1) is 33.1. The molecule has 0 aliphatic carbocycles. The van der Waals surface area contributed by atoms with Gasteiger partial charge in [0.25, 0.3) is 0 Å². The SMILES string of the molecule is CCc1ccc(N(c2ccc(CC)cc2)c2ccc(-c3sc(-c4ccc(N(c5ccc6ccccc6c5)c5ccc6ccccc6c5)cc4)c(-c4ccccc4)c3-c3ccccc3)cc2)cc1. The van der Waals surface area contributed by atoms with Gasteiger partial charge in [-0.1, -0.05) is 184 Å². The van der Waals surface area contributed by atoms with Crippen molar-refractivity contribution in [1.82, 2.24) is 0 Å². The van der Waals surface area contributed by atoms with Gasteiger partial charge >= 0.3 is 0 Å². The summed E-state index contributed by atoms with van der Waals surface area (Å²) in [5, 5.41) is 4.89. The fourth-order valence-corrected chi connectivity index (χ4v) is 10.8. The molecule has 0 unspecified atom stereocenters. The number of nitrogens with zero attached hydrogens (tertiary/aromatic N) is 2. The van der Waals surface area contributed by atoms with Crippen LogP contribution in [-0.2, 0) is 12.8 Å². The number of benzene rings is 10. The average molecular weight is 879 g/mol. The summed E-state index contributed by atoms with van der Waals surface area (Å²) < 4.78 is 0. The third-order valence-corrected chi connectivity index (χ3v) is 14.3. The summed E-state index contributed by atoms with van der Waals surface area (Å²) in [5.74, 6) is 0. The normalized spacial score (nSPS) is 11.3. The highest BCUT2D eigenvalue weighted by atomic mass is 32.1. The lowest BCUT2D eigenvalue weighted by Gasteiger charge is -2.26. The Bertz CT molecular complexity index is 3320. The Labute approximate surface area is 398 Å². The van der Waals surface area contributed by atoms with Gasteiger partial charge in [0.15, 0.2) is 0 Å². The molecule has 0 aliphatic heterocycles. The van der Waals surface area contributed by atoms with Gasteiger partial charge in [-0.15, -0.1) is 11.3 Å². The third kappa shape index (κ3) is 8.31. The van der Waals surface area contributed by atoms with Crippen molar-refractivity contribution in [3.8, 4) is 43.1 Å². The van der Waals surface area contributed by atoms with Gasteiger partial charge in [-0.25, -0.2) is 0 Å². The number of hydrogen-bond acceptors (Lipinski definition) is 3. The minimum absolute atomic E-state index is 1.01. The van der Waals surface area contributed by atoms with Crippen molar-refractivity contribution in [2.24, 2.45) is 0 Å². The first-order valence-corrected chi connectivity index (χ1v) is 24.2. The molecule has 0 N–H and O–H groups in total. The molecule has 1 heterocycles. The molecule has 1 aromatic heterocycles. The van der Waals surface area contributed by atoms with Crippen LogP contribution in [0.1, 0.15) is 25.0 Å². The Kier molecular flexibility index (Phi) is 11.5. The fraction of sp³-hybridized carbons (Fsp3) is 0.0625. The van der Waals surface area contributed by atoms with Crippen LogP contribution in [0.4, 0.5) is 34.1 Å². The van der Waals surface area contributed by atoms with Gasteiger partial charge in [0.05, 0.1) is 0 Å². The summed E-state index contributed by atoms with van der Waals surface area (Å²) >= 11 is 1.88. The van der Waals surface area contributed by atoms with E-state index in [0.29, 0.717) is 0 Å². The quantitative estimate of drug-likeness (QED) is 0.121. The lowest BCUT2D eigenvalue weighted by molar-refractivity contribution is 1.13. The maximum Gasteiger partial charge on any atom is 0.0468 e. The van der Waals surface area contributed by atoms with Gasteiger partial charge in [-0.2, -0.15) is 0 Å². The van der Waals surface area contributed by atoms with Gasteiger partial charge in [0.2, 0.25) is 0 Å². The highest BCUT2D eigenvalue weighted by molar-refractivity contribution is 7.20. The zero-order valence-corrected chi connectivity index (χ0v) is 38.6. The molecule has 0 radical (unpaired) electrons. The van der Waals surface area contributed by atoms with Gasteiger partial charge in [-0.05, 0) is 141 Å². The predicted octanol–water partition coefficient (Wildman–Crippen LogP) is 18.8. The molecule has 2 nitrogen and oxygen atoms in total. The number of aryl methyl sites for hydroxylation is 2. The second-order valence-corrected chi connectivity index (χ2v) is 18.1. The van der Waals surface area contributed by atoms with E-state index in [1.54, 1.807) is 0 Å². The number of hydrogen-bond donors (Lipinski definition) is 0. The van der Waals surface area contributed by atoms with Crippen LogP contribution in [0.5, 0.6) is 0 Å². The van der Waals surface area contributed by atoms with Crippen LogP contribution in [0.3, 0.4) is 0 Å². The summed E-state index contributed by atoms with van der Waals surface area (Å²) in [6.45, 7) is 4.42. The summed E-state index contributed by atoms with van der Waals surface area (Å²) in [7, 11) is 0. The summed E-state index contributed by atoms with van der Waals surface area (Å²) in [6, 6.07) is 89.0. The molecule has 0 saturated heterocycles. The smallest absolute Gasteiger partial charge is 0.0468 e. The minimum Gasteiger partial charge on any atom is -0.311 e. The van der Waals surface area contributed by atoms with Crippen LogP contribution in [0.25, 0.3) is 64.7 Å². The minimum atomic E-state index is 1.01. The number of fused-ring (bicyclic) bond motifs is 2. The van der Waals surface area contributed by atoms with E-state index in [9.17, 15) is 0 Å². The van der Waals surface area contributed by atoms with Crippen molar-refractivity contribution in [3.05, 3.63) is 254 Å². The number of thiophene rings is 1. The Morgan fingerprint density at radius 2 is 0.597 bits per heavy atom. The second kappa shape index (κ2) is 18.5. The van der Waals surface area contributed by atoms with Crippen LogP contribution in [0.2, 0.25) is 0 Å². The maximum absolute atomic E-state index is 2.39. The molecule has 67 heavy (non-hydrogen) atoms. The molecule has 11 rings (SSSR count). The molecular weight excluding hydrogens is 829 g/mol. The van der Waals surface area contributed by atoms with Crippen molar-refractivity contribution in [2.75, 3.05) is 9.80 Å². The van der Waals surface area contributed by atoms with Crippen LogP contribution in [-0.4, -0.2) is 0 Å². The van der Waals surface area contributed by atoms with E-state index in [-0.39, 0.29) is 0 Å². The zero-order valence-electron chi connectivity index (χ0n) is 37.8. The van der Waals surface area contributed by atoms with Crippen molar-refractivity contribution in [2.45, 2.75) is 26.7 Å². The van der Waals surface area contributed by atoms with E-state index in [1.165, 1.54) is 75.8 Å². The Balaban J connectivity index is 1.04. The number of rotatable bonds is 12. The van der Waals surface area contributed by atoms with Gasteiger partial charge in [0, 0.05) is 55.0 Å². The first-order valence-electron chi connectivity index (χ1n) is 23.4. The van der Waals surface area contributed by atoms with E-state index in [4.69, 9.17) is 0 Å². The lowest BCUT2D eigenvalue weighted by atomic mass is 9.91. The zero-order chi connectivity index (χ0) is 45.1. The Hall–Kier alpha value is -7.98. The molecular formula is C64H50N2S. The van der Waals surface area contributed by atoms with Crippen molar-refractivity contribution < 1.29 is 0 Å². The predicted molar refractivity (Wildman–Crippen MR) is 289 cm³/mol. The topological polar surface area (TPSA) is 6.48 Å². The molecule has 0 aliphatic rings. The van der Waals surface area contributed by atoms with Gasteiger partial charge in [-0.3, -0.25) is 0 Å². The average Bonchev–Trinajstić information content (AvgIpc) is 3.81. The van der Waals surface area contributed by atoms with Crippen LogP contribution in [0.15, 0.2) is 243 Å². The van der Waals surface area contributed by atoms with Crippen molar-refractivity contribution in [1.29, 1.82) is 0 Å². The highest BCUT2D eigenvalue weighted by Gasteiger charge is 2.24. The second-order valence-electron chi connectivity index (χ2n) is 17.1. The molecule has 11 aromatic rings. The molecule has 0 bridgehead atoms. The monoisotopic (exact) mass is 878 g/mol. The molecule has 0 spiro atoms. The Morgan fingerprint density at radius 3 is 0.970 bits per heavy atom. The van der Waals surface area contributed by atoms with Crippen molar-refractivity contribution >= 4 is 67.0 Å². The van der Waals surface area contributed by atoms with Crippen molar-refractivity contribution in [3.63, 3.8) is 0 Å². The summed E-state index contributed by atoms with van der Waals surface area (Å²) in [4.78, 5) is 7.25. The van der Waals surface area contributed by atoms with E-state index >= 15 is 0 Å². The summed E-state index contributed by atoms with van der Waals surface area (Å²) in [6.07, 6.45) is 2.02. The highest BCUT2D eigenvalue weighted by Crippen LogP contribution is 2.53. The molecule has 3 heteroatoms. The van der Waals surface area contributed by atoms with E-state index in [2.05, 4.69) is 266 Å². The molecule has 0 amide bonds. The molecule has 10 aromatic carbocycles. The van der Waals surface area contributed by atoms with E-state index in [0.717, 1.165) is 47.0 Å². The van der Waals surface area contributed by atoms with E-state index in [1.807, 2.05) is 11.3 Å². The molecule has 322 valence electrons. The summed E-state index contributed by atoms with van der Waals surface area (Å²) in [5.41, 5.74) is 16.7. The molecule has 0 fully saturated rings. The molecule has 0 atom stereocenters. The maximum atomic E-state index is 2.39.